The summed E-state index contributed by atoms with van der Waals surface area (Å²) in [5, 5.41) is 3.22. The van der Waals surface area contributed by atoms with Crippen molar-refractivity contribution in [3.8, 4) is 0 Å². The lowest BCUT2D eigenvalue weighted by atomic mass is 9.79. The highest BCUT2D eigenvalue weighted by atomic mass is 35.5. The maximum absolute atomic E-state index is 14.0. The van der Waals surface area contributed by atoms with Gasteiger partial charge < -0.3 is 34.1 Å². The molecule has 1 saturated heterocycles. The van der Waals surface area contributed by atoms with Gasteiger partial charge in [-0.2, -0.15) is 0 Å². The number of hydrogen-bond donors (Lipinski definition) is 3. The Morgan fingerprint density at radius 2 is 2.14 bits per heavy atom. The van der Waals surface area contributed by atoms with Crippen molar-refractivity contribution in [2.45, 2.75) is 49.9 Å². The molecule has 1 aromatic carbocycles. The molecule has 28 heavy (non-hydrogen) atoms. The lowest BCUT2D eigenvalue weighted by Crippen LogP contribution is -3.00. The number of primary amides is 1. The van der Waals surface area contributed by atoms with Gasteiger partial charge in [0.05, 0.1) is 5.41 Å². The van der Waals surface area contributed by atoms with E-state index in [9.17, 15) is 18.8 Å². The predicted molar refractivity (Wildman–Crippen MR) is 97.6 cm³/mol. The van der Waals surface area contributed by atoms with E-state index < -0.39 is 35.0 Å². The van der Waals surface area contributed by atoms with Crippen LogP contribution in [0.15, 0.2) is 18.2 Å². The largest absolute Gasteiger partial charge is 1.00 e. The number of likely N-dealkylation sites (tertiary alicyclic amines) is 1. The van der Waals surface area contributed by atoms with Gasteiger partial charge in [-0.3, -0.25) is 14.4 Å². The molecule has 1 aromatic rings. The SMILES string of the molecule is CC(C)(F)C[C@H]([NH3+])C(=O)N1C[C@]2(C[C@H]1C(N)=O)C(=O)Nc1ccc(Cl)cc12.[Cl-]. The number of nitrogens with one attached hydrogen (secondary N) is 1. The van der Waals surface area contributed by atoms with Crippen molar-refractivity contribution < 1.29 is 36.9 Å². The molecule has 7 nitrogen and oxygen atoms in total. The quantitative estimate of drug-likeness (QED) is 0.482. The molecule has 0 saturated carbocycles. The molecular formula is C18H23Cl2FN4O3. The minimum atomic E-state index is -1.59. The zero-order valence-corrected chi connectivity index (χ0v) is 17.1. The summed E-state index contributed by atoms with van der Waals surface area (Å²) >= 11 is 6.09. The molecule has 0 aromatic heterocycles. The van der Waals surface area contributed by atoms with Gasteiger partial charge in [0.2, 0.25) is 11.8 Å². The van der Waals surface area contributed by atoms with Crippen LogP contribution in [0.4, 0.5) is 10.1 Å². The molecule has 2 heterocycles. The highest BCUT2D eigenvalue weighted by Gasteiger charge is 2.58. The zero-order valence-electron chi connectivity index (χ0n) is 15.6. The van der Waals surface area contributed by atoms with Crippen molar-refractivity contribution in [2.24, 2.45) is 5.73 Å². The molecule has 0 bridgehead atoms. The van der Waals surface area contributed by atoms with Crippen LogP contribution in [0.25, 0.3) is 0 Å². The third kappa shape index (κ3) is 3.81. The third-order valence-corrected chi connectivity index (χ3v) is 5.47. The summed E-state index contributed by atoms with van der Waals surface area (Å²) < 4.78 is 14.0. The second-order valence-electron chi connectivity index (χ2n) is 7.93. The first-order valence-corrected chi connectivity index (χ1v) is 9.06. The fraction of sp³-hybridized carbons (Fsp3) is 0.500. The number of quaternary nitrogens is 1. The summed E-state index contributed by atoms with van der Waals surface area (Å²) in [7, 11) is 0. The van der Waals surface area contributed by atoms with E-state index in [1.54, 1.807) is 18.2 Å². The van der Waals surface area contributed by atoms with Gasteiger partial charge in [-0.05, 0) is 44.0 Å². The van der Waals surface area contributed by atoms with Crippen molar-refractivity contribution in [1.82, 2.24) is 4.90 Å². The fourth-order valence-electron chi connectivity index (χ4n) is 4.04. The standard InChI is InChI=1S/C18H22ClFN4O3.ClH/c1-17(2,20)6-11(21)15(26)24-8-18(7-13(24)14(22)25)10-5-9(19)3-4-12(10)23-16(18)27;/h3-5,11,13H,6-8,21H2,1-2H3,(H2,22,25)(H,23,27);1H/t11-,13-,18-;/m0./s1. The first-order chi connectivity index (χ1) is 12.4. The minimum Gasteiger partial charge on any atom is -1.00 e. The van der Waals surface area contributed by atoms with Crippen LogP contribution in [0.1, 0.15) is 32.3 Å². The number of nitrogens with zero attached hydrogens (tertiary/aromatic N) is 1. The summed E-state index contributed by atoms with van der Waals surface area (Å²) in [6, 6.07) is 3.13. The number of fused-ring (bicyclic) bond motifs is 2. The van der Waals surface area contributed by atoms with Gasteiger partial charge >= 0.3 is 0 Å². The van der Waals surface area contributed by atoms with Crippen LogP contribution in [0, 0.1) is 0 Å². The van der Waals surface area contributed by atoms with Crippen LogP contribution in [0.3, 0.4) is 0 Å². The van der Waals surface area contributed by atoms with E-state index in [0.29, 0.717) is 16.3 Å². The first-order valence-electron chi connectivity index (χ1n) is 8.68. The van der Waals surface area contributed by atoms with Crippen molar-refractivity contribution >= 4 is 35.0 Å². The number of nitrogens with two attached hydrogens (primary N) is 1. The van der Waals surface area contributed by atoms with Crippen molar-refractivity contribution in [3.63, 3.8) is 0 Å². The Hall–Kier alpha value is -1.90. The lowest BCUT2D eigenvalue weighted by molar-refractivity contribution is -0.410. The van der Waals surface area contributed by atoms with E-state index in [1.165, 1.54) is 18.7 Å². The van der Waals surface area contributed by atoms with Gasteiger partial charge in [0.25, 0.3) is 5.91 Å². The maximum Gasteiger partial charge on any atom is 0.281 e. The van der Waals surface area contributed by atoms with Gasteiger partial charge in [0.15, 0.2) is 6.04 Å². The smallest absolute Gasteiger partial charge is 0.281 e. The number of carbonyl (C=O) groups excluding carboxylic acids is 3. The van der Waals surface area contributed by atoms with E-state index >= 15 is 0 Å². The molecule has 0 radical (unpaired) electrons. The molecule has 1 spiro atoms. The zero-order chi connectivity index (χ0) is 20.1. The Bertz CT molecular complexity index is 830. The molecule has 3 atom stereocenters. The van der Waals surface area contributed by atoms with E-state index in [1.807, 2.05) is 0 Å². The van der Waals surface area contributed by atoms with E-state index in [-0.39, 0.29) is 37.7 Å². The number of rotatable bonds is 4. The average Bonchev–Trinajstić information content (AvgIpc) is 3.06. The van der Waals surface area contributed by atoms with Crippen LogP contribution in [-0.2, 0) is 19.8 Å². The molecule has 2 aliphatic rings. The Morgan fingerprint density at radius 1 is 1.50 bits per heavy atom. The summed E-state index contributed by atoms with van der Waals surface area (Å²) in [5.41, 5.74) is 7.79. The summed E-state index contributed by atoms with van der Waals surface area (Å²) in [5.74, 6) is -1.52. The lowest BCUT2D eigenvalue weighted by Gasteiger charge is -2.26. The Morgan fingerprint density at radius 3 is 2.71 bits per heavy atom. The molecule has 3 rings (SSSR count). The molecule has 3 amide bonds. The van der Waals surface area contributed by atoms with E-state index in [4.69, 9.17) is 17.3 Å². The molecule has 6 N–H and O–H groups in total. The molecular weight excluding hydrogens is 410 g/mol. The number of alkyl halides is 1. The minimum absolute atomic E-state index is 0. The van der Waals surface area contributed by atoms with Crippen LogP contribution in [0.2, 0.25) is 5.02 Å². The molecule has 10 heteroatoms. The second-order valence-corrected chi connectivity index (χ2v) is 8.37. The third-order valence-electron chi connectivity index (χ3n) is 5.23. The molecule has 2 aliphatic heterocycles. The molecule has 1 fully saturated rings. The summed E-state index contributed by atoms with van der Waals surface area (Å²) in [6.45, 7) is 2.69. The Kier molecular flexibility index (Phi) is 5.99. The highest BCUT2D eigenvalue weighted by Crippen LogP contribution is 2.47. The molecule has 154 valence electrons. The van der Waals surface area contributed by atoms with Crippen LogP contribution in [0.5, 0.6) is 0 Å². The number of hydrogen-bond acceptors (Lipinski definition) is 3. The van der Waals surface area contributed by atoms with Crippen LogP contribution in [-0.4, -0.2) is 46.9 Å². The monoisotopic (exact) mass is 432 g/mol. The summed E-state index contributed by atoms with van der Waals surface area (Å²) in [6.07, 6.45) is -0.0472. The van der Waals surface area contributed by atoms with Gasteiger partial charge in [-0.1, -0.05) is 11.6 Å². The molecule has 0 unspecified atom stereocenters. The highest BCUT2D eigenvalue weighted by molar-refractivity contribution is 6.31. The predicted octanol–water partition coefficient (Wildman–Crippen LogP) is -2.63. The maximum atomic E-state index is 14.0. The summed E-state index contributed by atoms with van der Waals surface area (Å²) in [4.78, 5) is 39.0. The van der Waals surface area contributed by atoms with Crippen LogP contribution >= 0.6 is 11.6 Å². The van der Waals surface area contributed by atoms with Crippen LogP contribution < -0.4 is 29.2 Å². The molecule has 0 aliphatic carbocycles. The van der Waals surface area contributed by atoms with E-state index in [2.05, 4.69) is 11.1 Å². The fourth-order valence-corrected chi connectivity index (χ4v) is 4.22. The van der Waals surface area contributed by atoms with Crippen molar-refractivity contribution in [3.05, 3.63) is 28.8 Å². The Balaban J connectivity index is 0.00000280. The van der Waals surface area contributed by atoms with Gasteiger partial charge in [-0.25, -0.2) is 4.39 Å². The van der Waals surface area contributed by atoms with Gasteiger partial charge in [-0.15, -0.1) is 0 Å². The van der Waals surface area contributed by atoms with Gasteiger partial charge in [0, 0.05) is 23.7 Å². The number of benzene rings is 1. The second kappa shape index (κ2) is 7.50. The average molecular weight is 433 g/mol. The van der Waals surface area contributed by atoms with Crippen molar-refractivity contribution in [1.29, 1.82) is 0 Å². The number of amides is 3. The first kappa shape index (κ1) is 22.4. The number of carbonyl (C=O) groups is 3. The number of halogens is 3. The Labute approximate surface area is 173 Å². The van der Waals surface area contributed by atoms with Crippen molar-refractivity contribution in [2.75, 3.05) is 11.9 Å². The van der Waals surface area contributed by atoms with Gasteiger partial charge in [0.1, 0.15) is 11.7 Å². The number of anilines is 1. The van der Waals surface area contributed by atoms with E-state index in [0.717, 1.165) is 0 Å². The topological polar surface area (TPSA) is 120 Å². The normalized spacial score (nSPS) is 24.5.